The van der Waals surface area contributed by atoms with Crippen LogP contribution in [0.4, 0.5) is 5.69 Å². The van der Waals surface area contributed by atoms with Gasteiger partial charge in [0.15, 0.2) is 4.80 Å². The molecule has 0 unspecified atom stereocenters. The Morgan fingerprint density at radius 3 is 2.47 bits per heavy atom. The number of sulfonamides is 1. The van der Waals surface area contributed by atoms with Crippen molar-refractivity contribution in [3.63, 3.8) is 0 Å². The number of nitrogens with zero attached hydrogens (tertiary/aromatic N) is 3. The summed E-state index contributed by atoms with van der Waals surface area (Å²) in [7, 11) is -3.60. The number of hydrogen-bond acceptors (Lipinski definition) is 5. The molecule has 32 heavy (non-hydrogen) atoms. The van der Waals surface area contributed by atoms with Crippen molar-refractivity contribution in [1.82, 2.24) is 8.87 Å². The van der Waals surface area contributed by atoms with Gasteiger partial charge in [-0.1, -0.05) is 37.3 Å². The van der Waals surface area contributed by atoms with E-state index in [1.54, 1.807) is 23.5 Å². The SMILES string of the molecule is CCCn1c(-c2cccc(S(=O)(=O)N3C[C@@H](C)O[C@H](C)C3)c2)csc1=Nc1ccccc1. The Morgan fingerprint density at radius 1 is 1.06 bits per heavy atom. The minimum absolute atomic E-state index is 0.123. The van der Waals surface area contributed by atoms with Crippen molar-refractivity contribution >= 4 is 27.0 Å². The van der Waals surface area contributed by atoms with Crippen LogP contribution < -0.4 is 4.80 Å². The van der Waals surface area contributed by atoms with Crippen molar-refractivity contribution in [1.29, 1.82) is 0 Å². The lowest BCUT2D eigenvalue weighted by Gasteiger charge is -2.34. The van der Waals surface area contributed by atoms with Crippen LogP contribution >= 0.6 is 11.3 Å². The largest absolute Gasteiger partial charge is 0.373 e. The molecule has 0 aliphatic carbocycles. The summed E-state index contributed by atoms with van der Waals surface area (Å²) in [6, 6.07) is 17.1. The highest BCUT2D eigenvalue weighted by molar-refractivity contribution is 7.89. The van der Waals surface area contributed by atoms with Crippen LogP contribution in [0.15, 0.2) is 69.9 Å². The van der Waals surface area contributed by atoms with Crippen LogP contribution in [0.2, 0.25) is 0 Å². The van der Waals surface area contributed by atoms with E-state index in [9.17, 15) is 8.42 Å². The molecule has 0 amide bonds. The van der Waals surface area contributed by atoms with Gasteiger partial charge in [-0.15, -0.1) is 11.3 Å². The van der Waals surface area contributed by atoms with Crippen molar-refractivity contribution in [2.45, 2.75) is 50.8 Å². The van der Waals surface area contributed by atoms with Crippen molar-refractivity contribution < 1.29 is 13.2 Å². The van der Waals surface area contributed by atoms with Gasteiger partial charge in [0, 0.05) is 30.6 Å². The third-order valence-electron chi connectivity index (χ3n) is 5.38. The fourth-order valence-corrected chi connectivity index (χ4v) is 6.59. The van der Waals surface area contributed by atoms with Crippen LogP contribution in [0, 0.1) is 0 Å². The van der Waals surface area contributed by atoms with Gasteiger partial charge in [-0.25, -0.2) is 13.4 Å². The Labute approximate surface area is 193 Å². The van der Waals surface area contributed by atoms with Crippen LogP contribution in [0.5, 0.6) is 0 Å². The molecule has 1 aliphatic heterocycles. The van der Waals surface area contributed by atoms with E-state index in [1.807, 2.05) is 56.3 Å². The van der Waals surface area contributed by atoms with Crippen LogP contribution in [-0.4, -0.2) is 42.6 Å². The normalized spacial score (nSPS) is 20.5. The molecular weight excluding hydrogens is 442 g/mol. The summed E-state index contributed by atoms with van der Waals surface area (Å²) in [5.74, 6) is 0. The van der Waals surface area contributed by atoms with E-state index >= 15 is 0 Å². The summed E-state index contributed by atoms with van der Waals surface area (Å²) in [6.07, 6.45) is 0.706. The lowest BCUT2D eigenvalue weighted by Crippen LogP contribution is -2.48. The number of para-hydroxylation sites is 1. The molecule has 3 aromatic rings. The number of rotatable bonds is 6. The summed E-state index contributed by atoms with van der Waals surface area (Å²) in [5.41, 5.74) is 2.75. The second-order valence-electron chi connectivity index (χ2n) is 8.11. The van der Waals surface area contributed by atoms with Gasteiger partial charge in [0.25, 0.3) is 0 Å². The summed E-state index contributed by atoms with van der Waals surface area (Å²) < 4.78 is 36.2. The fraction of sp³-hybridized carbons (Fsp3) is 0.375. The maximum absolute atomic E-state index is 13.4. The first-order chi connectivity index (χ1) is 15.4. The van der Waals surface area contributed by atoms with Gasteiger partial charge in [-0.05, 0) is 44.5 Å². The molecule has 0 spiro atoms. The van der Waals surface area contributed by atoms with Gasteiger partial charge in [0.1, 0.15) is 0 Å². The van der Waals surface area contributed by atoms with Crippen LogP contribution in [0.1, 0.15) is 27.2 Å². The van der Waals surface area contributed by atoms with E-state index in [0.29, 0.717) is 18.0 Å². The average molecular weight is 472 g/mol. The highest BCUT2D eigenvalue weighted by Crippen LogP contribution is 2.27. The molecule has 0 N–H and O–H groups in total. The molecule has 8 heteroatoms. The molecule has 1 fully saturated rings. The maximum atomic E-state index is 13.4. The lowest BCUT2D eigenvalue weighted by atomic mass is 10.2. The first-order valence-corrected chi connectivity index (χ1v) is 13.2. The Morgan fingerprint density at radius 2 is 1.78 bits per heavy atom. The van der Waals surface area contributed by atoms with E-state index in [4.69, 9.17) is 9.73 Å². The lowest BCUT2D eigenvalue weighted by molar-refractivity contribution is -0.0440. The topological polar surface area (TPSA) is 63.9 Å². The molecule has 2 atom stereocenters. The number of thiazole rings is 1. The average Bonchev–Trinajstić information content (AvgIpc) is 3.16. The second kappa shape index (κ2) is 9.70. The summed E-state index contributed by atoms with van der Waals surface area (Å²) in [5, 5.41) is 2.06. The highest BCUT2D eigenvalue weighted by atomic mass is 32.2. The minimum Gasteiger partial charge on any atom is -0.373 e. The van der Waals surface area contributed by atoms with E-state index < -0.39 is 10.0 Å². The summed E-state index contributed by atoms with van der Waals surface area (Å²) >= 11 is 1.57. The predicted molar refractivity (Wildman–Crippen MR) is 128 cm³/mol. The van der Waals surface area contributed by atoms with Crippen molar-refractivity contribution in [3.8, 4) is 11.3 Å². The molecule has 1 aromatic heterocycles. The van der Waals surface area contributed by atoms with Crippen molar-refractivity contribution in [3.05, 3.63) is 64.8 Å². The van der Waals surface area contributed by atoms with E-state index in [1.165, 1.54) is 4.31 Å². The number of ether oxygens (including phenoxy) is 1. The number of aromatic nitrogens is 1. The zero-order chi connectivity index (χ0) is 22.7. The highest BCUT2D eigenvalue weighted by Gasteiger charge is 2.32. The molecule has 0 bridgehead atoms. The second-order valence-corrected chi connectivity index (χ2v) is 10.9. The zero-order valence-corrected chi connectivity index (χ0v) is 20.3. The van der Waals surface area contributed by atoms with E-state index in [2.05, 4.69) is 16.9 Å². The Bertz CT molecular complexity index is 1220. The Kier molecular flexibility index (Phi) is 6.95. The fourth-order valence-electron chi connectivity index (χ4n) is 3.99. The van der Waals surface area contributed by atoms with E-state index in [0.717, 1.165) is 34.7 Å². The summed E-state index contributed by atoms with van der Waals surface area (Å²) in [4.78, 5) is 6.02. The smallest absolute Gasteiger partial charge is 0.243 e. The maximum Gasteiger partial charge on any atom is 0.243 e. The molecule has 1 saturated heterocycles. The molecule has 6 nitrogen and oxygen atoms in total. The van der Waals surface area contributed by atoms with Crippen LogP contribution in [-0.2, 0) is 21.3 Å². The molecule has 1 aliphatic rings. The molecule has 0 saturated carbocycles. The third-order valence-corrected chi connectivity index (χ3v) is 8.07. The van der Waals surface area contributed by atoms with Gasteiger partial charge in [-0.2, -0.15) is 4.31 Å². The van der Waals surface area contributed by atoms with Gasteiger partial charge < -0.3 is 9.30 Å². The minimum atomic E-state index is -3.60. The van der Waals surface area contributed by atoms with Gasteiger partial charge >= 0.3 is 0 Å². The first kappa shape index (κ1) is 22.9. The molecule has 2 aromatic carbocycles. The molecule has 0 radical (unpaired) electrons. The van der Waals surface area contributed by atoms with Gasteiger partial charge in [-0.3, -0.25) is 0 Å². The van der Waals surface area contributed by atoms with E-state index in [-0.39, 0.29) is 12.2 Å². The molecule has 4 rings (SSSR count). The molecular formula is C24H29N3O3S2. The van der Waals surface area contributed by atoms with Gasteiger partial charge in [0.05, 0.1) is 28.5 Å². The Hall–Kier alpha value is -2.26. The molecule has 2 heterocycles. The Balaban J connectivity index is 1.73. The number of benzene rings is 2. The van der Waals surface area contributed by atoms with Crippen molar-refractivity contribution in [2.75, 3.05) is 13.1 Å². The quantitative estimate of drug-likeness (QED) is 0.525. The zero-order valence-electron chi connectivity index (χ0n) is 18.6. The number of morpholine rings is 1. The standard InChI is InChI=1S/C24H29N3O3S2/c1-4-13-27-23(17-31-24(27)25-21-10-6-5-7-11-21)20-9-8-12-22(14-20)32(28,29)26-15-18(2)30-19(3)16-26/h5-12,14,17-19H,4,13,15-16H2,1-3H3/t18-,19-/m1/s1. The van der Waals surface area contributed by atoms with Crippen LogP contribution in [0.3, 0.4) is 0 Å². The number of hydrogen-bond donors (Lipinski definition) is 0. The van der Waals surface area contributed by atoms with Crippen LogP contribution in [0.25, 0.3) is 11.3 Å². The van der Waals surface area contributed by atoms with Gasteiger partial charge in [0.2, 0.25) is 10.0 Å². The first-order valence-electron chi connectivity index (χ1n) is 10.9. The third kappa shape index (κ3) is 4.88. The monoisotopic (exact) mass is 471 g/mol. The van der Waals surface area contributed by atoms with Crippen molar-refractivity contribution in [2.24, 2.45) is 4.99 Å². The predicted octanol–water partition coefficient (Wildman–Crippen LogP) is 4.66. The molecule has 170 valence electrons. The summed E-state index contributed by atoms with van der Waals surface area (Å²) in [6.45, 7) is 7.48.